The number of alkyl halides is 1. The predicted molar refractivity (Wildman–Crippen MR) is 61.8 cm³/mol. The number of benzene rings is 1. The van der Waals surface area contributed by atoms with Crippen LogP contribution in [0.3, 0.4) is 0 Å². The molecule has 0 aliphatic carbocycles. The van der Waals surface area contributed by atoms with Gasteiger partial charge in [-0.15, -0.1) is 0 Å². The Balaban J connectivity index is 2.60. The minimum atomic E-state index is -0.289. The second-order valence-corrected chi connectivity index (χ2v) is 3.40. The predicted octanol–water partition coefficient (Wildman–Crippen LogP) is 2.15. The quantitative estimate of drug-likeness (QED) is 0.724. The molecule has 0 spiro atoms. The van der Waals surface area contributed by atoms with Gasteiger partial charge in [-0.1, -0.05) is 0 Å². The van der Waals surface area contributed by atoms with Crippen molar-refractivity contribution in [1.82, 2.24) is 5.32 Å². The Kier molecular flexibility index (Phi) is 5.64. The molecule has 16 heavy (non-hydrogen) atoms. The van der Waals surface area contributed by atoms with E-state index in [1.807, 2.05) is 18.2 Å². The molecule has 0 heterocycles. The zero-order valence-corrected chi connectivity index (χ0v) is 9.75. The molecule has 4 heteroatoms. The Morgan fingerprint density at radius 1 is 1.25 bits per heavy atom. The average molecular weight is 227 g/mol. The van der Waals surface area contributed by atoms with Crippen LogP contribution in [0.25, 0.3) is 0 Å². The van der Waals surface area contributed by atoms with Crippen LogP contribution in [-0.4, -0.2) is 27.4 Å². The summed E-state index contributed by atoms with van der Waals surface area (Å²) in [6, 6.07) is 5.64. The maximum absolute atomic E-state index is 11.9. The Morgan fingerprint density at radius 2 is 2.06 bits per heavy atom. The van der Waals surface area contributed by atoms with E-state index in [0.29, 0.717) is 19.5 Å². The highest BCUT2D eigenvalue weighted by molar-refractivity contribution is 5.40. The van der Waals surface area contributed by atoms with Gasteiger partial charge in [0.15, 0.2) is 0 Å². The molecule has 3 nitrogen and oxygen atoms in total. The van der Waals surface area contributed by atoms with Crippen LogP contribution in [0.4, 0.5) is 4.39 Å². The van der Waals surface area contributed by atoms with Gasteiger partial charge in [-0.2, -0.15) is 0 Å². The summed E-state index contributed by atoms with van der Waals surface area (Å²) in [5.41, 5.74) is 1.01. The van der Waals surface area contributed by atoms with Crippen LogP contribution in [0, 0.1) is 0 Å². The van der Waals surface area contributed by atoms with Gasteiger partial charge in [0.25, 0.3) is 0 Å². The fourth-order valence-electron chi connectivity index (χ4n) is 1.43. The fourth-order valence-corrected chi connectivity index (χ4v) is 1.43. The van der Waals surface area contributed by atoms with Crippen molar-refractivity contribution in [3.63, 3.8) is 0 Å². The van der Waals surface area contributed by atoms with Crippen molar-refractivity contribution >= 4 is 0 Å². The summed E-state index contributed by atoms with van der Waals surface area (Å²) in [6.07, 6.45) is 0.534. The highest BCUT2D eigenvalue weighted by Crippen LogP contribution is 2.23. The first-order valence-corrected chi connectivity index (χ1v) is 5.29. The van der Waals surface area contributed by atoms with Gasteiger partial charge < -0.3 is 14.8 Å². The number of methoxy groups -OCH3 is 2. The molecule has 0 saturated heterocycles. The number of halogens is 1. The fraction of sp³-hybridized carbons (Fsp3) is 0.500. The molecule has 0 amide bonds. The molecule has 0 radical (unpaired) electrons. The second-order valence-electron chi connectivity index (χ2n) is 3.40. The van der Waals surface area contributed by atoms with E-state index in [-0.39, 0.29) is 6.67 Å². The normalized spacial score (nSPS) is 10.2. The average Bonchev–Trinajstić information content (AvgIpc) is 2.34. The summed E-state index contributed by atoms with van der Waals surface area (Å²) in [7, 11) is 3.26. The molecule has 0 bridgehead atoms. The minimum absolute atomic E-state index is 0.289. The SMILES string of the molecule is COc1ccc(OC)c(CNCCCF)c1. The smallest absolute Gasteiger partial charge is 0.123 e. The zero-order chi connectivity index (χ0) is 11.8. The van der Waals surface area contributed by atoms with E-state index in [4.69, 9.17) is 9.47 Å². The first kappa shape index (κ1) is 12.8. The first-order valence-electron chi connectivity index (χ1n) is 5.29. The Hall–Kier alpha value is -1.29. The van der Waals surface area contributed by atoms with E-state index in [1.165, 1.54) is 0 Å². The Bertz CT molecular complexity index is 318. The first-order chi connectivity index (χ1) is 7.81. The summed E-state index contributed by atoms with van der Waals surface area (Å²) >= 11 is 0. The van der Waals surface area contributed by atoms with Crippen LogP contribution < -0.4 is 14.8 Å². The monoisotopic (exact) mass is 227 g/mol. The largest absolute Gasteiger partial charge is 0.497 e. The molecule has 0 saturated carbocycles. The molecular formula is C12H18FNO2. The zero-order valence-electron chi connectivity index (χ0n) is 9.75. The lowest BCUT2D eigenvalue weighted by atomic mass is 10.2. The van der Waals surface area contributed by atoms with E-state index >= 15 is 0 Å². The highest BCUT2D eigenvalue weighted by Gasteiger charge is 2.04. The molecule has 0 fully saturated rings. The van der Waals surface area contributed by atoms with E-state index in [2.05, 4.69) is 5.32 Å². The van der Waals surface area contributed by atoms with Crippen molar-refractivity contribution in [3.8, 4) is 11.5 Å². The highest BCUT2D eigenvalue weighted by atomic mass is 19.1. The molecule has 0 aliphatic heterocycles. The van der Waals surface area contributed by atoms with E-state index in [9.17, 15) is 4.39 Å². The third-order valence-electron chi connectivity index (χ3n) is 2.29. The van der Waals surface area contributed by atoms with Crippen LogP contribution >= 0.6 is 0 Å². The van der Waals surface area contributed by atoms with Crippen LogP contribution in [0.1, 0.15) is 12.0 Å². The summed E-state index contributed by atoms with van der Waals surface area (Å²) in [5, 5.41) is 3.15. The van der Waals surface area contributed by atoms with Gasteiger partial charge in [-0.05, 0) is 31.2 Å². The summed E-state index contributed by atoms with van der Waals surface area (Å²) < 4.78 is 22.3. The summed E-state index contributed by atoms with van der Waals surface area (Å²) in [6.45, 7) is 1.03. The Labute approximate surface area is 95.6 Å². The lowest BCUT2D eigenvalue weighted by Crippen LogP contribution is -2.15. The van der Waals surface area contributed by atoms with Crippen LogP contribution in [0.15, 0.2) is 18.2 Å². The van der Waals surface area contributed by atoms with Gasteiger partial charge in [-0.25, -0.2) is 0 Å². The van der Waals surface area contributed by atoms with Gasteiger partial charge in [0.05, 0.1) is 20.9 Å². The van der Waals surface area contributed by atoms with Gasteiger partial charge in [-0.3, -0.25) is 4.39 Å². The van der Waals surface area contributed by atoms with E-state index in [0.717, 1.165) is 17.1 Å². The van der Waals surface area contributed by atoms with Gasteiger partial charge in [0.2, 0.25) is 0 Å². The summed E-state index contributed by atoms with van der Waals surface area (Å²) in [4.78, 5) is 0. The van der Waals surface area contributed by atoms with Crippen molar-refractivity contribution < 1.29 is 13.9 Å². The topological polar surface area (TPSA) is 30.5 Å². The Morgan fingerprint density at radius 3 is 2.69 bits per heavy atom. The molecule has 1 rings (SSSR count). The number of ether oxygens (including phenoxy) is 2. The van der Waals surface area contributed by atoms with Crippen molar-refractivity contribution in [2.24, 2.45) is 0 Å². The van der Waals surface area contributed by atoms with E-state index in [1.54, 1.807) is 14.2 Å². The van der Waals surface area contributed by atoms with Crippen LogP contribution in [0.5, 0.6) is 11.5 Å². The lowest BCUT2D eigenvalue weighted by molar-refractivity contribution is 0.396. The van der Waals surface area contributed by atoms with Crippen LogP contribution in [0.2, 0.25) is 0 Å². The molecule has 0 atom stereocenters. The van der Waals surface area contributed by atoms with Gasteiger partial charge in [0, 0.05) is 12.1 Å². The third kappa shape index (κ3) is 3.70. The van der Waals surface area contributed by atoms with Crippen LogP contribution in [-0.2, 0) is 6.54 Å². The van der Waals surface area contributed by atoms with Crippen molar-refractivity contribution in [2.45, 2.75) is 13.0 Å². The second kappa shape index (κ2) is 7.06. The lowest BCUT2D eigenvalue weighted by Gasteiger charge is -2.11. The van der Waals surface area contributed by atoms with Gasteiger partial charge in [0.1, 0.15) is 11.5 Å². The molecule has 1 aromatic carbocycles. The number of rotatable bonds is 7. The summed E-state index contributed by atoms with van der Waals surface area (Å²) in [5.74, 6) is 1.61. The van der Waals surface area contributed by atoms with Crippen molar-refractivity contribution in [1.29, 1.82) is 0 Å². The maximum Gasteiger partial charge on any atom is 0.123 e. The minimum Gasteiger partial charge on any atom is -0.497 e. The molecule has 90 valence electrons. The molecule has 1 N–H and O–H groups in total. The number of hydrogen-bond acceptors (Lipinski definition) is 3. The molecular weight excluding hydrogens is 209 g/mol. The van der Waals surface area contributed by atoms with Crippen molar-refractivity contribution in [2.75, 3.05) is 27.4 Å². The molecule has 0 aliphatic rings. The van der Waals surface area contributed by atoms with Gasteiger partial charge >= 0.3 is 0 Å². The number of hydrogen-bond donors (Lipinski definition) is 1. The maximum atomic E-state index is 11.9. The van der Waals surface area contributed by atoms with E-state index < -0.39 is 0 Å². The molecule has 0 unspecified atom stereocenters. The standard InChI is InChI=1S/C12H18FNO2/c1-15-11-4-5-12(16-2)10(8-11)9-14-7-3-6-13/h4-5,8,14H,3,6-7,9H2,1-2H3. The van der Waals surface area contributed by atoms with Crippen molar-refractivity contribution in [3.05, 3.63) is 23.8 Å². The molecule has 0 aromatic heterocycles. The molecule has 1 aromatic rings. The third-order valence-corrected chi connectivity index (χ3v) is 2.29. The number of nitrogens with one attached hydrogen (secondary N) is 1.